The summed E-state index contributed by atoms with van der Waals surface area (Å²) in [5.41, 5.74) is -0.721. The molecular formula is C10H13NO2. The molecule has 0 radical (unpaired) electrons. The summed E-state index contributed by atoms with van der Waals surface area (Å²) in [6.07, 6.45) is 7.99. The Morgan fingerprint density at radius 2 is 2.46 bits per heavy atom. The van der Waals surface area contributed by atoms with Crippen LogP contribution < -0.4 is 0 Å². The lowest BCUT2D eigenvalue weighted by Gasteiger charge is -2.25. The maximum atomic E-state index is 11.0. The molecule has 3 nitrogen and oxygen atoms in total. The average molecular weight is 179 g/mol. The number of nitro groups is 1. The number of hydrogen-bond donors (Lipinski definition) is 0. The van der Waals surface area contributed by atoms with E-state index in [-0.39, 0.29) is 10.8 Å². The summed E-state index contributed by atoms with van der Waals surface area (Å²) in [6.45, 7) is 3.61. The number of allylic oxidation sites excluding steroid dienone is 1. The SMILES string of the molecule is C=CC[C@]1([N+](=O)[O-])C[C@H]2C=C[C@@H]1C2. The normalized spacial score (nSPS) is 40.9. The largest absolute Gasteiger partial charge is 0.264 e. The minimum atomic E-state index is -0.721. The third-order valence-electron chi connectivity index (χ3n) is 3.34. The molecule has 2 rings (SSSR count). The molecule has 2 aliphatic carbocycles. The van der Waals surface area contributed by atoms with Crippen LogP contribution in [0.1, 0.15) is 19.3 Å². The smallest absolute Gasteiger partial charge is 0.232 e. The van der Waals surface area contributed by atoms with Crippen molar-refractivity contribution in [2.24, 2.45) is 11.8 Å². The lowest BCUT2D eigenvalue weighted by Crippen LogP contribution is -2.41. The van der Waals surface area contributed by atoms with E-state index in [1.54, 1.807) is 6.08 Å². The lowest BCUT2D eigenvalue weighted by atomic mass is 9.82. The summed E-state index contributed by atoms with van der Waals surface area (Å²) >= 11 is 0. The molecule has 0 spiro atoms. The van der Waals surface area contributed by atoms with Crippen LogP contribution >= 0.6 is 0 Å². The Morgan fingerprint density at radius 3 is 2.85 bits per heavy atom. The van der Waals surface area contributed by atoms with E-state index in [9.17, 15) is 10.1 Å². The van der Waals surface area contributed by atoms with Gasteiger partial charge >= 0.3 is 0 Å². The molecule has 0 heterocycles. The van der Waals surface area contributed by atoms with Gasteiger partial charge in [0.05, 0.1) is 0 Å². The first-order valence-corrected chi connectivity index (χ1v) is 4.63. The number of hydrogen-bond acceptors (Lipinski definition) is 2. The van der Waals surface area contributed by atoms with Gasteiger partial charge in [-0.2, -0.15) is 0 Å². The van der Waals surface area contributed by atoms with Crippen molar-refractivity contribution in [2.45, 2.75) is 24.8 Å². The highest BCUT2D eigenvalue weighted by Gasteiger charge is 2.56. The molecule has 0 aromatic rings. The molecule has 1 fully saturated rings. The molecule has 70 valence electrons. The summed E-state index contributed by atoms with van der Waals surface area (Å²) in [7, 11) is 0. The van der Waals surface area contributed by atoms with Crippen LogP contribution in [0.15, 0.2) is 24.8 Å². The van der Waals surface area contributed by atoms with Gasteiger partial charge in [0.2, 0.25) is 5.54 Å². The minimum Gasteiger partial charge on any atom is -0.264 e. The Kier molecular flexibility index (Phi) is 1.75. The second-order valence-corrected chi connectivity index (χ2v) is 4.04. The van der Waals surface area contributed by atoms with Crippen LogP contribution in [0.3, 0.4) is 0 Å². The van der Waals surface area contributed by atoms with Gasteiger partial charge in [0.15, 0.2) is 0 Å². The fourth-order valence-corrected chi connectivity index (χ4v) is 2.70. The van der Waals surface area contributed by atoms with Gasteiger partial charge in [-0.15, -0.1) is 6.58 Å². The highest BCUT2D eigenvalue weighted by Crippen LogP contribution is 2.49. The van der Waals surface area contributed by atoms with Crippen molar-refractivity contribution >= 4 is 0 Å². The van der Waals surface area contributed by atoms with Crippen LogP contribution in [0.5, 0.6) is 0 Å². The summed E-state index contributed by atoms with van der Waals surface area (Å²) in [5, 5.41) is 11.0. The molecule has 3 atom stereocenters. The zero-order valence-electron chi connectivity index (χ0n) is 7.48. The quantitative estimate of drug-likeness (QED) is 0.378. The molecule has 2 aliphatic rings. The maximum Gasteiger partial charge on any atom is 0.232 e. The van der Waals surface area contributed by atoms with Crippen LogP contribution in [0.25, 0.3) is 0 Å². The maximum absolute atomic E-state index is 11.0. The molecule has 2 bridgehead atoms. The van der Waals surface area contributed by atoms with Crippen molar-refractivity contribution in [3.8, 4) is 0 Å². The van der Waals surface area contributed by atoms with Crippen LogP contribution in [0, 0.1) is 22.0 Å². The second-order valence-electron chi connectivity index (χ2n) is 4.04. The van der Waals surface area contributed by atoms with Gasteiger partial charge in [-0.1, -0.05) is 18.2 Å². The zero-order valence-corrected chi connectivity index (χ0v) is 7.48. The molecule has 0 aromatic carbocycles. The first-order chi connectivity index (χ1) is 6.19. The van der Waals surface area contributed by atoms with E-state index in [1.165, 1.54) is 0 Å². The molecule has 0 aromatic heterocycles. The highest BCUT2D eigenvalue weighted by molar-refractivity contribution is 5.17. The van der Waals surface area contributed by atoms with Gasteiger partial charge in [-0.3, -0.25) is 10.1 Å². The molecule has 0 N–H and O–H groups in total. The van der Waals surface area contributed by atoms with Gasteiger partial charge in [0.25, 0.3) is 0 Å². The number of rotatable bonds is 3. The van der Waals surface area contributed by atoms with E-state index in [2.05, 4.69) is 12.7 Å². The highest BCUT2D eigenvalue weighted by atomic mass is 16.6. The van der Waals surface area contributed by atoms with Crippen LogP contribution in [-0.2, 0) is 0 Å². The Labute approximate surface area is 77.3 Å². The molecule has 0 aliphatic heterocycles. The second kappa shape index (κ2) is 2.69. The van der Waals surface area contributed by atoms with Crippen LogP contribution in [0.4, 0.5) is 0 Å². The molecular weight excluding hydrogens is 166 g/mol. The van der Waals surface area contributed by atoms with Crippen LogP contribution in [0.2, 0.25) is 0 Å². The zero-order chi connectivity index (χ0) is 9.47. The molecule has 1 saturated carbocycles. The topological polar surface area (TPSA) is 43.1 Å². The van der Waals surface area contributed by atoms with E-state index < -0.39 is 5.54 Å². The Balaban J connectivity index is 2.30. The predicted octanol–water partition coefficient (Wildman–Crippen LogP) is 2.17. The van der Waals surface area contributed by atoms with Gasteiger partial charge in [-0.25, -0.2) is 0 Å². The molecule has 13 heavy (non-hydrogen) atoms. The van der Waals surface area contributed by atoms with Gasteiger partial charge < -0.3 is 0 Å². The van der Waals surface area contributed by atoms with Crippen molar-refractivity contribution in [2.75, 3.05) is 0 Å². The van der Waals surface area contributed by atoms with Crippen LogP contribution in [-0.4, -0.2) is 10.5 Å². The van der Waals surface area contributed by atoms with E-state index in [1.807, 2.05) is 6.08 Å². The molecule has 0 amide bonds. The summed E-state index contributed by atoms with van der Waals surface area (Å²) in [4.78, 5) is 10.9. The first kappa shape index (κ1) is 8.48. The Morgan fingerprint density at radius 1 is 1.69 bits per heavy atom. The first-order valence-electron chi connectivity index (χ1n) is 4.63. The van der Waals surface area contributed by atoms with E-state index in [0.717, 1.165) is 6.42 Å². The third-order valence-corrected chi connectivity index (χ3v) is 3.34. The summed E-state index contributed by atoms with van der Waals surface area (Å²) in [6, 6.07) is 0. The number of fused-ring (bicyclic) bond motifs is 2. The molecule has 0 unspecified atom stereocenters. The minimum absolute atomic E-state index is 0.0944. The van der Waals surface area contributed by atoms with E-state index in [0.29, 0.717) is 18.8 Å². The van der Waals surface area contributed by atoms with Crippen molar-refractivity contribution in [3.05, 3.63) is 34.9 Å². The van der Waals surface area contributed by atoms with Crippen molar-refractivity contribution in [1.29, 1.82) is 0 Å². The number of nitrogens with zero attached hydrogens (tertiary/aromatic N) is 1. The van der Waals surface area contributed by atoms with E-state index >= 15 is 0 Å². The van der Waals surface area contributed by atoms with E-state index in [4.69, 9.17) is 0 Å². The monoisotopic (exact) mass is 179 g/mol. The van der Waals surface area contributed by atoms with Crippen molar-refractivity contribution in [3.63, 3.8) is 0 Å². The van der Waals surface area contributed by atoms with Gasteiger partial charge in [0.1, 0.15) is 0 Å². The van der Waals surface area contributed by atoms with Gasteiger partial charge in [0, 0.05) is 23.7 Å². The summed E-state index contributed by atoms with van der Waals surface area (Å²) in [5.74, 6) is 0.584. The van der Waals surface area contributed by atoms with Crippen molar-refractivity contribution < 1.29 is 4.92 Å². The Bertz CT molecular complexity index is 285. The summed E-state index contributed by atoms with van der Waals surface area (Å²) < 4.78 is 0. The lowest BCUT2D eigenvalue weighted by molar-refractivity contribution is -0.575. The third kappa shape index (κ3) is 1.03. The Hall–Kier alpha value is -1.12. The predicted molar refractivity (Wildman–Crippen MR) is 49.9 cm³/mol. The van der Waals surface area contributed by atoms with Crippen molar-refractivity contribution in [1.82, 2.24) is 0 Å². The van der Waals surface area contributed by atoms with Gasteiger partial charge in [-0.05, 0) is 12.3 Å². The fourth-order valence-electron chi connectivity index (χ4n) is 2.70. The standard InChI is InChI=1S/C10H13NO2/c1-2-5-10(11(12)13)7-8-3-4-9(10)6-8/h2-4,8-9H,1,5-7H2/t8-,9+,10-/m0/s1. The molecule has 0 saturated heterocycles. The fraction of sp³-hybridized carbons (Fsp3) is 0.600. The molecule has 3 heteroatoms. The average Bonchev–Trinajstić information content (AvgIpc) is 2.64.